The highest BCUT2D eigenvalue weighted by Gasteiger charge is 2.29. The van der Waals surface area contributed by atoms with Gasteiger partial charge in [-0.3, -0.25) is 0 Å². The van der Waals surface area contributed by atoms with Crippen LogP contribution in [0.1, 0.15) is 44.9 Å². The normalized spacial score (nSPS) is 13.0. The molecule has 4 heteroatoms. The Morgan fingerprint density at radius 1 is 1.12 bits per heavy atom. The van der Waals surface area contributed by atoms with E-state index in [9.17, 15) is 4.39 Å². The Morgan fingerprint density at radius 3 is 2.38 bits per heavy atom. The minimum Gasteiger partial charge on any atom is -0.481 e. The van der Waals surface area contributed by atoms with Crippen molar-refractivity contribution >= 4 is 0 Å². The zero-order valence-electron chi connectivity index (χ0n) is 15.3. The Labute approximate surface area is 143 Å². The topological polar surface area (TPSA) is 31.4 Å². The Bertz CT molecular complexity index is 707. The monoisotopic (exact) mass is 331 g/mol. The molecule has 130 valence electrons. The second kappa shape index (κ2) is 7.31. The van der Waals surface area contributed by atoms with Gasteiger partial charge in [-0.25, -0.2) is 9.37 Å². The van der Waals surface area contributed by atoms with E-state index in [2.05, 4.69) is 38.7 Å². The third kappa shape index (κ3) is 3.75. The standard InChI is InChI=1S/C20H26FNO2/c1-7-13-8-9-14(15-11-18(23-5)22-12-17(15)21)16(10-13)19(24-6)20(2,3)4/h8-12,19H,7H2,1-6H3/t19-/m0/s1. The zero-order chi connectivity index (χ0) is 17.9. The maximum absolute atomic E-state index is 14.5. The summed E-state index contributed by atoms with van der Waals surface area (Å²) in [6.07, 6.45) is 1.96. The molecule has 2 aromatic rings. The fourth-order valence-corrected chi connectivity index (χ4v) is 2.98. The number of aromatic nitrogens is 1. The first-order valence-electron chi connectivity index (χ1n) is 8.17. The second-order valence-corrected chi connectivity index (χ2v) is 6.96. The van der Waals surface area contributed by atoms with E-state index >= 15 is 0 Å². The Hall–Kier alpha value is -1.94. The SMILES string of the molecule is CCc1ccc(-c2cc(OC)ncc2F)c([C@H](OC)C(C)(C)C)c1. The molecule has 0 fully saturated rings. The summed E-state index contributed by atoms with van der Waals surface area (Å²) in [6, 6.07) is 7.74. The highest BCUT2D eigenvalue weighted by molar-refractivity contribution is 5.70. The van der Waals surface area contributed by atoms with Crippen LogP contribution < -0.4 is 4.74 Å². The lowest BCUT2D eigenvalue weighted by molar-refractivity contribution is 0.0155. The Morgan fingerprint density at radius 2 is 1.83 bits per heavy atom. The summed E-state index contributed by atoms with van der Waals surface area (Å²) in [5.74, 6) is 0.0201. The number of pyridine rings is 1. The summed E-state index contributed by atoms with van der Waals surface area (Å²) < 4.78 is 25.4. The first-order valence-corrected chi connectivity index (χ1v) is 8.17. The second-order valence-electron chi connectivity index (χ2n) is 6.96. The molecule has 0 aliphatic rings. The van der Waals surface area contributed by atoms with Crippen LogP contribution in [0.25, 0.3) is 11.1 Å². The zero-order valence-corrected chi connectivity index (χ0v) is 15.3. The molecule has 0 spiro atoms. The predicted molar refractivity (Wildman–Crippen MR) is 94.8 cm³/mol. The smallest absolute Gasteiger partial charge is 0.213 e. The lowest BCUT2D eigenvalue weighted by Gasteiger charge is -2.31. The van der Waals surface area contributed by atoms with Gasteiger partial charge in [0.25, 0.3) is 0 Å². The molecule has 0 N–H and O–H groups in total. The fraction of sp³-hybridized carbons (Fsp3) is 0.450. The van der Waals surface area contributed by atoms with E-state index < -0.39 is 0 Å². The Kier molecular flexibility index (Phi) is 5.60. The summed E-state index contributed by atoms with van der Waals surface area (Å²) in [5, 5.41) is 0. The first kappa shape index (κ1) is 18.4. The van der Waals surface area contributed by atoms with Gasteiger partial charge in [0.2, 0.25) is 5.88 Å². The number of aryl methyl sites for hydroxylation is 1. The summed E-state index contributed by atoms with van der Waals surface area (Å²) in [5.41, 5.74) is 3.35. The van der Waals surface area contributed by atoms with Gasteiger partial charge in [0, 0.05) is 18.7 Å². The van der Waals surface area contributed by atoms with Gasteiger partial charge in [0.15, 0.2) is 0 Å². The molecule has 3 nitrogen and oxygen atoms in total. The van der Waals surface area contributed by atoms with Gasteiger partial charge < -0.3 is 9.47 Å². The lowest BCUT2D eigenvalue weighted by Crippen LogP contribution is -2.21. The number of halogens is 1. The highest BCUT2D eigenvalue weighted by atomic mass is 19.1. The van der Waals surface area contributed by atoms with Crippen LogP contribution >= 0.6 is 0 Å². The number of ether oxygens (including phenoxy) is 2. The lowest BCUT2D eigenvalue weighted by atomic mass is 9.81. The number of hydrogen-bond donors (Lipinski definition) is 0. The van der Waals surface area contributed by atoms with E-state index in [1.54, 1.807) is 13.2 Å². The third-order valence-electron chi connectivity index (χ3n) is 4.16. The predicted octanol–water partition coefficient (Wildman–Crippen LogP) is 5.19. The van der Waals surface area contributed by atoms with Crippen LogP contribution in [0.3, 0.4) is 0 Å². The number of methoxy groups -OCH3 is 2. The molecule has 0 bridgehead atoms. The van der Waals surface area contributed by atoms with Gasteiger partial charge in [0.05, 0.1) is 19.4 Å². The highest BCUT2D eigenvalue weighted by Crippen LogP contribution is 2.41. The quantitative estimate of drug-likeness (QED) is 0.755. The molecule has 0 saturated carbocycles. The van der Waals surface area contributed by atoms with Gasteiger partial charge in [-0.1, -0.05) is 45.9 Å². The van der Waals surface area contributed by atoms with Crippen LogP contribution in [0.2, 0.25) is 0 Å². The average molecular weight is 331 g/mol. The van der Waals surface area contributed by atoms with Crippen molar-refractivity contribution in [2.45, 2.75) is 40.2 Å². The van der Waals surface area contributed by atoms with Crippen LogP contribution in [0.4, 0.5) is 4.39 Å². The largest absolute Gasteiger partial charge is 0.481 e. The maximum Gasteiger partial charge on any atom is 0.213 e. The summed E-state index contributed by atoms with van der Waals surface area (Å²) in [6.45, 7) is 8.46. The van der Waals surface area contributed by atoms with Crippen LogP contribution in [-0.4, -0.2) is 19.2 Å². The molecule has 1 heterocycles. The molecule has 1 atom stereocenters. The van der Waals surface area contributed by atoms with E-state index in [1.807, 2.05) is 12.1 Å². The number of rotatable bonds is 5. The van der Waals surface area contributed by atoms with E-state index in [0.29, 0.717) is 11.4 Å². The number of nitrogens with zero attached hydrogens (tertiary/aromatic N) is 1. The molecule has 1 aromatic heterocycles. The molecular weight excluding hydrogens is 305 g/mol. The van der Waals surface area contributed by atoms with E-state index in [4.69, 9.17) is 9.47 Å². The van der Waals surface area contributed by atoms with Gasteiger partial charge in [0.1, 0.15) is 5.82 Å². The van der Waals surface area contributed by atoms with Crippen molar-refractivity contribution in [1.82, 2.24) is 4.98 Å². The average Bonchev–Trinajstić information content (AvgIpc) is 2.55. The third-order valence-corrected chi connectivity index (χ3v) is 4.16. The van der Waals surface area contributed by atoms with Crippen molar-refractivity contribution in [2.75, 3.05) is 14.2 Å². The molecular formula is C20H26FNO2. The van der Waals surface area contributed by atoms with Gasteiger partial charge in [-0.2, -0.15) is 0 Å². The number of hydrogen-bond acceptors (Lipinski definition) is 3. The first-order chi connectivity index (χ1) is 11.3. The molecule has 0 aliphatic carbocycles. The fourth-order valence-electron chi connectivity index (χ4n) is 2.98. The van der Waals surface area contributed by atoms with Crippen molar-refractivity contribution in [3.05, 3.63) is 47.4 Å². The summed E-state index contributed by atoms with van der Waals surface area (Å²) in [4.78, 5) is 3.93. The van der Waals surface area contributed by atoms with Gasteiger partial charge in [-0.05, 0) is 28.5 Å². The molecule has 24 heavy (non-hydrogen) atoms. The van der Waals surface area contributed by atoms with Crippen molar-refractivity contribution in [2.24, 2.45) is 5.41 Å². The minimum absolute atomic E-state index is 0.122. The summed E-state index contributed by atoms with van der Waals surface area (Å²) in [7, 11) is 3.22. The molecule has 0 saturated heterocycles. The van der Waals surface area contributed by atoms with Crippen LogP contribution in [-0.2, 0) is 11.2 Å². The van der Waals surface area contributed by atoms with Crippen LogP contribution in [0.5, 0.6) is 5.88 Å². The van der Waals surface area contributed by atoms with Crippen molar-refractivity contribution in [1.29, 1.82) is 0 Å². The van der Waals surface area contributed by atoms with Crippen molar-refractivity contribution in [3.63, 3.8) is 0 Å². The maximum atomic E-state index is 14.5. The van der Waals surface area contributed by atoms with E-state index in [1.165, 1.54) is 18.9 Å². The minimum atomic E-state index is -0.370. The van der Waals surface area contributed by atoms with Gasteiger partial charge >= 0.3 is 0 Å². The molecule has 0 amide bonds. The molecule has 2 rings (SSSR count). The van der Waals surface area contributed by atoms with Gasteiger partial charge in [-0.15, -0.1) is 0 Å². The van der Waals surface area contributed by atoms with Crippen LogP contribution in [0.15, 0.2) is 30.5 Å². The van der Waals surface area contributed by atoms with Crippen LogP contribution in [0, 0.1) is 11.2 Å². The Balaban J connectivity index is 2.70. The van der Waals surface area contributed by atoms with Crippen molar-refractivity contribution < 1.29 is 13.9 Å². The molecule has 0 aliphatic heterocycles. The summed E-state index contributed by atoms with van der Waals surface area (Å²) >= 11 is 0. The van der Waals surface area contributed by atoms with Crippen molar-refractivity contribution in [3.8, 4) is 17.0 Å². The molecule has 0 radical (unpaired) electrons. The molecule has 1 aromatic carbocycles. The molecule has 0 unspecified atom stereocenters. The van der Waals surface area contributed by atoms with E-state index in [-0.39, 0.29) is 17.3 Å². The van der Waals surface area contributed by atoms with E-state index in [0.717, 1.165) is 17.5 Å². The number of benzene rings is 1.